The third-order valence-corrected chi connectivity index (χ3v) is 6.11. The van der Waals surface area contributed by atoms with Crippen LogP contribution in [0.5, 0.6) is 5.75 Å². The minimum Gasteiger partial charge on any atom is -0.497 e. The van der Waals surface area contributed by atoms with Crippen LogP contribution in [0.25, 0.3) is 33.2 Å². The van der Waals surface area contributed by atoms with E-state index in [0.29, 0.717) is 29.8 Å². The number of methoxy groups -OCH3 is 1. The lowest BCUT2D eigenvalue weighted by molar-refractivity contribution is -0.116. The number of aryl methyl sites for hydroxylation is 1. The quantitative estimate of drug-likeness (QED) is 0.505. The zero-order chi connectivity index (χ0) is 22.4. The minimum atomic E-state index is -0.273. The first kappa shape index (κ1) is 20.3. The molecule has 0 atom stereocenters. The molecule has 1 aliphatic rings. The van der Waals surface area contributed by atoms with E-state index < -0.39 is 0 Å². The Morgan fingerprint density at radius 2 is 2.12 bits per heavy atom. The Bertz CT molecular complexity index is 1420. The number of nitrogens with two attached hydrogens (primary N) is 1. The first-order valence-electron chi connectivity index (χ1n) is 10.7. The Labute approximate surface area is 184 Å². The molecule has 8 heteroatoms. The van der Waals surface area contributed by atoms with Gasteiger partial charge < -0.3 is 24.9 Å². The van der Waals surface area contributed by atoms with Gasteiger partial charge >= 0.3 is 0 Å². The number of nitrogens with one attached hydrogen (secondary N) is 1. The molecular formula is C24H25N5O3. The van der Waals surface area contributed by atoms with Crippen molar-refractivity contribution in [1.29, 1.82) is 0 Å². The van der Waals surface area contributed by atoms with E-state index in [9.17, 15) is 9.59 Å². The lowest BCUT2D eigenvalue weighted by Gasteiger charge is -2.15. The van der Waals surface area contributed by atoms with Crippen LogP contribution in [0.2, 0.25) is 0 Å². The van der Waals surface area contributed by atoms with E-state index >= 15 is 0 Å². The number of aromatic nitrogens is 3. The highest BCUT2D eigenvalue weighted by atomic mass is 16.5. The summed E-state index contributed by atoms with van der Waals surface area (Å²) < 4.78 is 7.52. The summed E-state index contributed by atoms with van der Waals surface area (Å²) in [6, 6.07) is 9.66. The molecule has 32 heavy (non-hydrogen) atoms. The monoisotopic (exact) mass is 431 g/mol. The Kier molecular flexibility index (Phi) is 4.94. The second-order valence-electron chi connectivity index (χ2n) is 8.09. The molecule has 0 aliphatic carbocycles. The van der Waals surface area contributed by atoms with E-state index in [4.69, 9.17) is 15.5 Å². The summed E-state index contributed by atoms with van der Waals surface area (Å²) in [6.45, 7) is 3.53. The molecule has 5 rings (SSSR count). The van der Waals surface area contributed by atoms with Crippen LogP contribution in [0.1, 0.15) is 18.9 Å². The summed E-state index contributed by atoms with van der Waals surface area (Å²) in [4.78, 5) is 34.5. The van der Waals surface area contributed by atoms with Gasteiger partial charge in [-0.2, -0.15) is 0 Å². The number of carbonyl (C=O) groups excluding carboxylic acids is 1. The molecule has 164 valence electrons. The molecule has 0 bridgehead atoms. The molecule has 2 aromatic heterocycles. The SMILES string of the molecule is COc1ccc2c(c1)c(-c1nc3cc4c(cc3[nH]c1=O)N(C(C)=O)CC4)cn2CCCN. The molecule has 1 aliphatic heterocycles. The van der Waals surface area contributed by atoms with Gasteiger partial charge in [-0.05, 0) is 55.3 Å². The zero-order valence-corrected chi connectivity index (χ0v) is 18.1. The van der Waals surface area contributed by atoms with Crippen molar-refractivity contribution in [3.8, 4) is 17.0 Å². The Hall–Kier alpha value is -3.65. The van der Waals surface area contributed by atoms with Crippen LogP contribution >= 0.6 is 0 Å². The van der Waals surface area contributed by atoms with Gasteiger partial charge in [0.1, 0.15) is 11.4 Å². The lowest BCUT2D eigenvalue weighted by Crippen LogP contribution is -2.25. The van der Waals surface area contributed by atoms with Crippen molar-refractivity contribution in [1.82, 2.24) is 14.5 Å². The number of hydrogen-bond donors (Lipinski definition) is 2. The van der Waals surface area contributed by atoms with Crippen LogP contribution < -0.4 is 20.9 Å². The number of carbonyl (C=O) groups is 1. The van der Waals surface area contributed by atoms with E-state index in [2.05, 4.69) is 9.55 Å². The topological polar surface area (TPSA) is 106 Å². The molecule has 3 N–H and O–H groups in total. The van der Waals surface area contributed by atoms with Gasteiger partial charge in [0.15, 0.2) is 0 Å². The standard InChI is InChI=1S/C24H25N5O3/c1-14(30)29-9-6-15-10-19-20(12-22(15)29)27-24(31)23(26-19)18-13-28(8-3-7-25)21-5-4-16(32-2)11-17(18)21/h4-5,10-13H,3,6-9,25H2,1-2H3,(H,27,31). The summed E-state index contributed by atoms with van der Waals surface area (Å²) >= 11 is 0. The molecule has 0 fully saturated rings. The van der Waals surface area contributed by atoms with Gasteiger partial charge in [-0.25, -0.2) is 4.98 Å². The van der Waals surface area contributed by atoms with E-state index in [1.165, 1.54) is 0 Å². The van der Waals surface area contributed by atoms with Crippen molar-refractivity contribution < 1.29 is 9.53 Å². The fraction of sp³-hybridized carbons (Fsp3) is 0.292. The Morgan fingerprint density at radius 3 is 2.88 bits per heavy atom. The van der Waals surface area contributed by atoms with Gasteiger partial charge in [-0.1, -0.05) is 0 Å². The number of benzene rings is 2. The van der Waals surface area contributed by atoms with Crippen LogP contribution in [0, 0.1) is 0 Å². The number of fused-ring (bicyclic) bond motifs is 3. The van der Waals surface area contributed by atoms with Gasteiger partial charge in [0.25, 0.3) is 5.56 Å². The van der Waals surface area contributed by atoms with Gasteiger partial charge in [-0.15, -0.1) is 0 Å². The molecule has 0 unspecified atom stereocenters. The maximum atomic E-state index is 13.1. The maximum Gasteiger partial charge on any atom is 0.275 e. The van der Waals surface area contributed by atoms with Gasteiger partial charge in [0.2, 0.25) is 5.91 Å². The molecule has 2 aromatic carbocycles. The lowest BCUT2D eigenvalue weighted by atomic mass is 10.1. The third-order valence-electron chi connectivity index (χ3n) is 6.11. The third kappa shape index (κ3) is 3.23. The average Bonchev–Trinajstić information content (AvgIpc) is 3.36. The highest BCUT2D eigenvalue weighted by Gasteiger charge is 2.24. The van der Waals surface area contributed by atoms with Crippen molar-refractivity contribution in [2.24, 2.45) is 5.73 Å². The maximum absolute atomic E-state index is 13.1. The van der Waals surface area contributed by atoms with Crippen LogP contribution in [0.3, 0.4) is 0 Å². The van der Waals surface area contributed by atoms with Crippen LogP contribution in [0.15, 0.2) is 41.3 Å². The summed E-state index contributed by atoms with van der Waals surface area (Å²) in [5.74, 6) is 0.712. The first-order chi connectivity index (χ1) is 15.5. The summed E-state index contributed by atoms with van der Waals surface area (Å²) in [7, 11) is 1.62. The van der Waals surface area contributed by atoms with E-state index in [0.717, 1.165) is 52.9 Å². The fourth-order valence-electron chi connectivity index (χ4n) is 4.52. The molecular weight excluding hydrogens is 406 g/mol. The van der Waals surface area contributed by atoms with Gasteiger partial charge in [0.05, 0.1) is 18.1 Å². The van der Waals surface area contributed by atoms with Crippen LogP contribution in [-0.4, -0.2) is 40.6 Å². The van der Waals surface area contributed by atoms with Crippen molar-refractivity contribution >= 4 is 33.5 Å². The molecule has 3 heterocycles. The normalized spacial score (nSPS) is 13.2. The molecule has 0 radical (unpaired) electrons. The smallest absolute Gasteiger partial charge is 0.275 e. The molecule has 0 saturated heterocycles. The molecule has 1 amide bonds. The fourth-order valence-corrected chi connectivity index (χ4v) is 4.52. The number of nitrogens with zero attached hydrogens (tertiary/aromatic N) is 3. The second kappa shape index (κ2) is 7.80. The van der Waals surface area contributed by atoms with Crippen molar-refractivity contribution in [2.75, 3.05) is 25.1 Å². The number of aromatic amines is 1. The minimum absolute atomic E-state index is 0.00531. The Morgan fingerprint density at radius 1 is 1.28 bits per heavy atom. The average molecular weight is 431 g/mol. The number of anilines is 1. The summed E-state index contributed by atoms with van der Waals surface area (Å²) in [5, 5.41) is 0.905. The molecule has 0 spiro atoms. The zero-order valence-electron chi connectivity index (χ0n) is 18.1. The number of H-pyrrole nitrogens is 1. The number of hydrogen-bond acceptors (Lipinski definition) is 5. The van der Waals surface area contributed by atoms with E-state index in [-0.39, 0.29) is 11.5 Å². The van der Waals surface area contributed by atoms with Crippen molar-refractivity contribution in [3.05, 3.63) is 52.4 Å². The predicted molar refractivity (Wildman–Crippen MR) is 125 cm³/mol. The molecule has 0 saturated carbocycles. The van der Waals surface area contributed by atoms with Crippen molar-refractivity contribution in [2.45, 2.75) is 26.3 Å². The second-order valence-corrected chi connectivity index (χ2v) is 8.09. The summed E-state index contributed by atoms with van der Waals surface area (Å²) in [5.41, 5.74) is 10.8. The van der Waals surface area contributed by atoms with Crippen LogP contribution in [0.4, 0.5) is 5.69 Å². The summed E-state index contributed by atoms with van der Waals surface area (Å²) in [6.07, 6.45) is 3.57. The first-order valence-corrected chi connectivity index (χ1v) is 10.7. The van der Waals surface area contributed by atoms with Crippen molar-refractivity contribution in [3.63, 3.8) is 0 Å². The number of rotatable bonds is 5. The van der Waals surface area contributed by atoms with Gasteiger partial charge in [0, 0.05) is 48.4 Å². The molecule has 8 nitrogen and oxygen atoms in total. The molecule has 4 aromatic rings. The highest BCUT2D eigenvalue weighted by molar-refractivity contribution is 5.98. The number of amides is 1. The Balaban J connectivity index is 1.70. The largest absolute Gasteiger partial charge is 0.497 e. The number of ether oxygens (including phenoxy) is 1. The predicted octanol–water partition coefficient (Wildman–Crippen LogP) is 2.81. The van der Waals surface area contributed by atoms with Gasteiger partial charge in [-0.3, -0.25) is 9.59 Å². The van der Waals surface area contributed by atoms with Crippen LogP contribution in [-0.2, 0) is 17.8 Å². The highest BCUT2D eigenvalue weighted by Crippen LogP contribution is 2.34. The van der Waals surface area contributed by atoms with E-state index in [1.54, 1.807) is 18.9 Å². The van der Waals surface area contributed by atoms with E-state index in [1.807, 2.05) is 36.5 Å².